The van der Waals surface area contributed by atoms with Gasteiger partial charge in [-0.3, -0.25) is 4.79 Å². The Morgan fingerprint density at radius 3 is 2.56 bits per heavy atom. The first kappa shape index (κ1) is 17.9. The van der Waals surface area contributed by atoms with Crippen LogP contribution in [0.2, 0.25) is 10.0 Å². The summed E-state index contributed by atoms with van der Waals surface area (Å²) in [5, 5.41) is 5.09. The summed E-state index contributed by atoms with van der Waals surface area (Å²) >= 11 is 13.0. The third-order valence-corrected chi connectivity index (χ3v) is 5.31. The molecule has 134 valence electrons. The predicted octanol–water partition coefficient (Wildman–Crippen LogP) is 4.32. The molecule has 0 spiro atoms. The van der Waals surface area contributed by atoms with Crippen LogP contribution in [0, 0.1) is 5.82 Å². The zero-order valence-electron chi connectivity index (χ0n) is 13.6. The van der Waals surface area contributed by atoms with Crippen LogP contribution in [0.3, 0.4) is 0 Å². The third kappa shape index (κ3) is 3.64. The summed E-state index contributed by atoms with van der Waals surface area (Å²) in [6, 6.07) is 11.7. The van der Waals surface area contributed by atoms with Gasteiger partial charge < -0.3 is 0 Å². The van der Waals surface area contributed by atoms with Crippen LogP contribution < -0.4 is 10.1 Å². The molecule has 2 aromatic carbocycles. The largest absolute Gasteiger partial charge is 0.291 e. The van der Waals surface area contributed by atoms with Crippen molar-refractivity contribution >= 4 is 57.7 Å². The number of halogens is 3. The lowest BCUT2D eigenvalue weighted by Crippen LogP contribution is -2.23. The van der Waals surface area contributed by atoms with E-state index >= 15 is 0 Å². The molecule has 2 aromatic heterocycles. The van der Waals surface area contributed by atoms with E-state index in [1.807, 2.05) is 18.2 Å². The first-order valence-electron chi connectivity index (χ1n) is 7.80. The topological polar surface area (TPSA) is 47.3 Å². The van der Waals surface area contributed by atoms with Gasteiger partial charge in [-0.2, -0.15) is 9.50 Å². The molecule has 2 heterocycles. The van der Waals surface area contributed by atoms with Gasteiger partial charge in [0.15, 0.2) is 5.82 Å². The molecule has 4 nitrogen and oxygen atoms in total. The average Bonchev–Trinajstić information content (AvgIpc) is 3.17. The minimum atomic E-state index is -0.493. The van der Waals surface area contributed by atoms with Crippen LogP contribution in [0.1, 0.15) is 17.0 Å². The van der Waals surface area contributed by atoms with Gasteiger partial charge in [0.2, 0.25) is 4.96 Å². The molecular formula is C19H10Cl2FN3OS. The molecule has 0 N–H and O–H groups in total. The molecule has 0 bridgehead atoms. The Morgan fingerprint density at radius 2 is 1.85 bits per heavy atom. The zero-order chi connectivity index (χ0) is 19.0. The van der Waals surface area contributed by atoms with E-state index in [-0.39, 0.29) is 16.1 Å². The summed E-state index contributed by atoms with van der Waals surface area (Å²) < 4.78 is 15.4. The predicted molar refractivity (Wildman–Crippen MR) is 108 cm³/mol. The fourth-order valence-corrected chi connectivity index (χ4v) is 3.68. The Balaban J connectivity index is 1.71. The van der Waals surface area contributed by atoms with Gasteiger partial charge in [-0.15, -0.1) is 5.10 Å². The quantitative estimate of drug-likeness (QED) is 0.498. The van der Waals surface area contributed by atoms with Crippen molar-refractivity contribution in [1.29, 1.82) is 0 Å². The fourth-order valence-electron chi connectivity index (χ4n) is 2.44. The van der Waals surface area contributed by atoms with Crippen molar-refractivity contribution in [2.45, 2.75) is 0 Å². The molecule has 0 amide bonds. The van der Waals surface area contributed by atoms with E-state index < -0.39 is 5.82 Å². The second kappa shape index (κ2) is 7.23. The summed E-state index contributed by atoms with van der Waals surface area (Å²) in [6.07, 6.45) is 4.95. The zero-order valence-corrected chi connectivity index (χ0v) is 15.9. The lowest BCUT2D eigenvalue weighted by atomic mass is 10.2. The van der Waals surface area contributed by atoms with Crippen LogP contribution in [-0.2, 0) is 0 Å². The minimum Gasteiger partial charge on any atom is -0.266 e. The molecule has 0 atom stereocenters. The van der Waals surface area contributed by atoms with E-state index in [0.29, 0.717) is 20.3 Å². The SMILES string of the molecule is O=c1/c(=C/c2c(F)cccc2Cl)sc2nc(/C=C/c3ccc(Cl)cc3)nn12. The van der Waals surface area contributed by atoms with Crippen molar-refractivity contribution in [2.24, 2.45) is 0 Å². The molecule has 0 radical (unpaired) electrons. The van der Waals surface area contributed by atoms with Gasteiger partial charge in [0, 0.05) is 10.6 Å². The van der Waals surface area contributed by atoms with Crippen molar-refractivity contribution in [3.63, 3.8) is 0 Å². The fraction of sp³-hybridized carbons (Fsp3) is 0. The lowest BCUT2D eigenvalue weighted by molar-refractivity contribution is 0.625. The van der Waals surface area contributed by atoms with Gasteiger partial charge in [-0.05, 0) is 42.0 Å². The monoisotopic (exact) mass is 417 g/mol. The average molecular weight is 418 g/mol. The number of nitrogens with zero attached hydrogens (tertiary/aromatic N) is 3. The van der Waals surface area contributed by atoms with Crippen LogP contribution in [0.4, 0.5) is 4.39 Å². The Hall–Kier alpha value is -2.54. The lowest BCUT2D eigenvalue weighted by Gasteiger charge is -1.97. The molecule has 0 aliphatic heterocycles. The Labute approximate surface area is 166 Å². The number of aromatic nitrogens is 3. The second-order valence-electron chi connectivity index (χ2n) is 5.60. The van der Waals surface area contributed by atoms with E-state index in [1.165, 1.54) is 22.7 Å². The smallest absolute Gasteiger partial charge is 0.266 e. The van der Waals surface area contributed by atoms with Gasteiger partial charge >= 0.3 is 0 Å². The maximum atomic E-state index is 13.9. The first-order chi connectivity index (χ1) is 13.0. The summed E-state index contributed by atoms with van der Waals surface area (Å²) in [5.41, 5.74) is 0.736. The van der Waals surface area contributed by atoms with Crippen LogP contribution in [0.25, 0.3) is 23.2 Å². The van der Waals surface area contributed by atoms with Gasteiger partial charge in [-0.25, -0.2) is 4.39 Å². The maximum absolute atomic E-state index is 13.9. The third-order valence-electron chi connectivity index (χ3n) is 3.77. The number of fused-ring (bicyclic) bond motifs is 1. The van der Waals surface area contributed by atoms with Crippen molar-refractivity contribution in [2.75, 3.05) is 0 Å². The number of hydrogen-bond donors (Lipinski definition) is 0. The summed E-state index contributed by atoms with van der Waals surface area (Å²) in [4.78, 5) is 17.3. The number of thiazole rings is 1. The summed E-state index contributed by atoms with van der Waals surface area (Å²) in [5.74, 6) is -0.0868. The molecule has 0 saturated carbocycles. The number of hydrogen-bond acceptors (Lipinski definition) is 4. The van der Waals surface area contributed by atoms with Gasteiger partial charge in [0.1, 0.15) is 5.82 Å². The van der Waals surface area contributed by atoms with E-state index in [2.05, 4.69) is 10.1 Å². The standard InChI is InChI=1S/C19H10Cl2FN3OS/c20-12-7-4-11(5-8-12)6-9-17-23-19-25(24-17)18(26)16(27-19)10-13-14(21)2-1-3-15(13)22/h1-10H/b9-6+,16-10-. The van der Waals surface area contributed by atoms with Crippen molar-refractivity contribution < 1.29 is 4.39 Å². The highest BCUT2D eigenvalue weighted by Crippen LogP contribution is 2.19. The van der Waals surface area contributed by atoms with Crippen LogP contribution in [0.5, 0.6) is 0 Å². The maximum Gasteiger partial charge on any atom is 0.291 e. The highest BCUT2D eigenvalue weighted by molar-refractivity contribution is 7.15. The summed E-state index contributed by atoms with van der Waals surface area (Å²) in [7, 11) is 0. The van der Waals surface area contributed by atoms with Crippen LogP contribution in [0.15, 0.2) is 47.3 Å². The van der Waals surface area contributed by atoms with Gasteiger partial charge in [0.25, 0.3) is 5.56 Å². The Morgan fingerprint density at radius 1 is 1.07 bits per heavy atom. The molecule has 0 saturated heterocycles. The molecule has 0 unspecified atom stereocenters. The molecular weight excluding hydrogens is 408 g/mol. The molecule has 4 rings (SSSR count). The van der Waals surface area contributed by atoms with Gasteiger partial charge in [-0.1, -0.05) is 58.8 Å². The van der Waals surface area contributed by atoms with E-state index in [1.54, 1.807) is 24.3 Å². The minimum absolute atomic E-state index is 0.170. The van der Waals surface area contributed by atoms with Crippen LogP contribution in [-0.4, -0.2) is 14.6 Å². The number of benzene rings is 2. The van der Waals surface area contributed by atoms with Crippen molar-refractivity contribution in [1.82, 2.24) is 14.6 Å². The van der Waals surface area contributed by atoms with E-state index in [0.717, 1.165) is 16.9 Å². The highest BCUT2D eigenvalue weighted by Gasteiger charge is 2.11. The van der Waals surface area contributed by atoms with Crippen LogP contribution >= 0.6 is 34.5 Å². The number of rotatable bonds is 3. The highest BCUT2D eigenvalue weighted by atomic mass is 35.5. The molecule has 0 aliphatic carbocycles. The van der Waals surface area contributed by atoms with Gasteiger partial charge in [0.05, 0.1) is 9.55 Å². The Kier molecular flexibility index (Phi) is 4.78. The van der Waals surface area contributed by atoms with E-state index in [4.69, 9.17) is 23.2 Å². The van der Waals surface area contributed by atoms with Crippen molar-refractivity contribution in [3.8, 4) is 0 Å². The molecule has 0 aliphatic rings. The normalized spacial score (nSPS) is 12.5. The molecule has 4 aromatic rings. The van der Waals surface area contributed by atoms with Crippen molar-refractivity contribution in [3.05, 3.63) is 90.2 Å². The Bertz CT molecular complexity index is 1260. The van der Waals surface area contributed by atoms with E-state index in [9.17, 15) is 9.18 Å². The molecule has 8 heteroatoms. The first-order valence-corrected chi connectivity index (χ1v) is 9.37. The molecule has 0 fully saturated rings. The summed E-state index contributed by atoms with van der Waals surface area (Å²) in [6.45, 7) is 0. The molecule has 27 heavy (non-hydrogen) atoms. The second-order valence-corrected chi connectivity index (χ2v) is 7.45.